The van der Waals surface area contributed by atoms with Gasteiger partial charge in [-0.15, -0.1) is 11.3 Å². The van der Waals surface area contributed by atoms with Crippen LogP contribution in [0.2, 0.25) is 5.02 Å². The van der Waals surface area contributed by atoms with Crippen LogP contribution in [0.5, 0.6) is 0 Å². The van der Waals surface area contributed by atoms with Crippen molar-refractivity contribution in [1.29, 1.82) is 0 Å². The fourth-order valence-electron chi connectivity index (χ4n) is 1.53. The number of halogens is 1. The summed E-state index contributed by atoms with van der Waals surface area (Å²) < 4.78 is 0. The zero-order valence-electron chi connectivity index (χ0n) is 11.1. The fourth-order valence-corrected chi connectivity index (χ4v) is 2.46. The Kier molecular flexibility index (Phi) is 4.71. The highest BCUT2D eigenvalue weighted by Crippen LogP contribution is 2.27. The first-order valence-corrected chi connectivity index (χ1v) is 7.16. The number of rotatable bonds is 4. The van der Waals surface area contributed by atoms with Crippen molar-refractivity contribution in [3.63, 3.8) is 0 Å². The third-order valence-electron chi connectivity index (χ3n) is 2.34. The Morgan fingerprint density at radius 2 is 2.14 bits per heavy atom. The van der Waals surface area contributed by atoms with Gasteiger partial charge in [-0.25, -0.2) is 9.97 Å². The average Bonchev–Trinajstić information content (AvgIpc) is 2.83. The standard InChI is InChI=1S/C12H13ClN6OS/c1-6(20)16-4-8-2-7(13)3-9(17-8)10-5-21-12(18-10)19-11(14)15/h2-3,5H,4H2,1H3,(H,16,20)(H4,14,15,18,19). The lowest BCUT2D eigenvalue weighted by molar-refractivity contribution is -0.119. The third kappa shape index (κ3) is 4.40. The summed E-state index contributed by atoms with van der Waals surface area (Å²) in [5.41, 5.74) is 12.5. The number of nitrogens with one attached hydrogen (secondary N) is 1. The number of thiazole rings is 1. The second-order valence-electron chi connectivity index (χ2n) is 4.12. The molecule has 0 radical (unpaired) electrons. The summed E-state index contributed by atoms with van der Waals surface area (Å²) in [7, 11) is 0. The van der Waals surface area contributed by atoms with Crippen LogP contribution in [-0.4, -0.2) is 21.8 Å². The molecule has 21 heavy (non-hydrogen) atoms. The van der Waals surface area contributed by atoms with Gasteiger partial charge >= 0.3 is 0 Å². The van der Waals surface area contributed by atoms with Crippen molar-refractivity contribution in [3.8, 4) is 11.4 Å². The minimum absolute atomic E-state index is 0.0544. The number of nitrogens with zero attached hydrogens (tertiary/aromatic N) is 3. The van der Waals surface area contributed by atoms with E-state index in [1.54, 1.807) is 17.5 Å². The van der Waals surface area contributed by atoms with Gasteiger partial charge in [0.15, 0.2) is 5.96 Å². The van der Waals surface area contributed by atoms with Gasteiger partial charge in [-0.2, -0.15) is 4.99 Å². The SMILES string of the molecule is CC(=O)NCc1cc(Cl)cc(-c2csc(N=C(N)N)n2)n1. The van der Waals surface area contributed by atoms with Gasteiger partial charge in [-0.1, -0.05) is 11.6 Å². The fraction of sp³-hybridized carbons (Fsp3) is 0.167. The number of hydrogen-bond acceptors (Lipinski definition) is 5. The lowest BCUT2D eigenvalue weighted by atomic mass is 10.2. The molecule has 0 atom stereocenters. The Morgan fingerprint density at radius 1 is 1.38 bits per heavy atom. The van der Waals surface area contributed by atoms with Gasteiger partial charge in [0.25, 0.3) is 0 Å². The van der Waals surface area contributed by atoms with E-state index in [-0.39, 0.29) is 11.9 Å². The van der Waals surface area contributed by atoms with Gasteiger partial charge < -0.3 is 16.8 Å². The molecule has 0 bridgehead atoms. The van der Waals surface area contributed by atoms with Crippen molar-refractivity contribution in [3.05, 3.63) is 28.2 Å². The molecule has 0 aliphatic heterocycles. The van der Waals surface area contributed by atoms with E-state index in [1.807, 2.05) is 0 Å². The van der Waals surface area contributed by atoms with Crippen molar-refractivity contribution in [2.24, 2.45) is 16.5 Å². The first-order valence-electron chi connectivity index (χ1n) is 5.90. The van der Waals surface area contributed by atoms with Crippen molar-refractivity contribution in [1.82, 2.24) is 15.3 Å². The van der Waals surface area contributed by atoms with E-state index in [2.05, 4.69) is 20.3 Å². The maximum atomic E-state index is 10.9. The minimum Gasteiger partial charge on any atom is -0.370 e. The molecule has 0 spiro atoms. The van der Waals surface area contributed by atoms with Gasteiger partial charge in [-0.3, -0.25) is 4.79 Å². The lowest BCUT2D eigenvalue weighted by Crippen LogP contribution is -2.21. The highest BCUT2D eigenvalue weighted by Gasteiger charge is 2.09. The zero-order chi connectivity index (χ0) is 15.4. The van der Waals surface area contributed by atoms with Crippen LogP contribution in [0.3, 0.4) is 0 Å². The summed E-state index contributed by atoms with van der Waals surface area (Å²) >= 11 is 7.35. The van der Waals surface area contributed by atoms with Crippen LogP contribution < -0.4 is 16.8 Å². The molecule has 0 aliphatic rings. The Balaban J connectivity index is 2.28. The second kappa shape index (κ2) is 6.51. The molecule has 0 saturated carbocycles. The molecule has 0 aliphatic carbocycles. The molecule has 110 valence electrons. The quantitative estimate of drug-likeness (QED) is 0.580. The largest absolute Gasteiger partial charge is 0.370 e. The zero-order valence-corrected chi connectivity index (χ0v) is 12.7. The number of aromatic nitrogens is 2. The Morgan fingerprint density at radius 3 is 2.81 bits per heavy atom. The maximum Gasteiger partial charge on any atom is 0.217 e. The highest BCUT2D eigenvalue weighted by atomic mass is 35.5. The van der Waals surface area contributed by atoms with Gasteiger partial charge in [-0.05, 0) is 12.1 Å². The summed E-state index contributed by atoms with van der Waals surface area (Å²) in [4.78, 5) is 23.5. The number of amides is 1. The number of carbonyl (C=O) groups excluding carboxylic acids is 1. The molecule has 9 heteroatoms. The first kappa shape index (κ1) is 15.2. The summed E-state index contributed by atoms with van der Waals surface area (Å²) in [6, 6.07) is 3.37. The molecule has 2 aromatic rings. The molecular formula is C12H13ClN6OS. The van der Waals surface area contributed by atoms with E-state index < -0.39 is 0 Å². The molecule has 2 aromatic heterocycles. The molecule has 7 nitrogen and oxygen atoms in total. The Labute approximate surface area is 130 Å². The van der Waals surface area contributed by atoms with Crippen LogP contribution in [0.1, 0.15) is 12.6 Å². The van der Waals surface area contributed by atoms with Crippen LogP contribution in [0, 0.1) is 0 Å². The van der Waals surface area contributed by atoms with Crippen LogP contribution >= 0.6 is 22.9 Å². The van der Waals surface area contributed by atoms with Crippen LogP contribution in [0.25, 0.3) is 11.4 Å². The molecule has 0 unspecified atom stereocenters. The van der Waals surface area contributed by atoms with Crippen molar-refractivity contribution in [2.45, 2.75) is 13.5 Å². The van der Waals surface area contributed by atoms with Crippen LogP contribution in [0.15, 0.2) is 22.5 Å². The smallest absolute Gasteiger partial charge is 0.217 e. The molecule has 2 rings (SSSR count). The lowest BCUT2D eigenvalue weighted by Gasteiger charge is -2.05. The molecule has 0 saturated heterocycles. The van der Waals surface area contributed by atoms with E-state index in [4.69, 9.17) is 23.1 Å². The third-order valence-corrected chi connectivity index (χ3v) is 3.29. The monoisotopic (exact) mass is 324 g/mol. The Bertz CT molecular complexity index is 695. The van der Waals surface area contributed by atoms with Crippen molar-refractivity contribution < 1.29 is 4.79 Å². The van der Waals surface area contributed by atoms with Crippen molar-refractivity contribution in [2.75, 3.05) is 0 Å². The number of pyridine rings is 1. The number of nitrogens with two attached hydrogens (primary N) is 2. The van der Waals surface area contributed by atoms with E-state index in [0.717, 1.165) is 0 Å². The Hall–Kier alpha value is -2.19. The maximum absolute atomic E-state index is 10.9. The normalized spacial score (nSPS) is 10.2. The number of hydrogen-bond donors (Lipinski definition) is 3. The van der Waals surface area contributed by atoms with Crippen LogP contribution in [0.4, 0.5) is 5.13 Å². The number of guanidine groups is 1. The predicted molar refractivity (Wildman–Crippen MR) is 83.3 cm³/mol. The molecule has 0 fully saturated rings. The second-order valence-corrected chi connectivity index (χ2v) is 5.40. The summed E-state index contributed by atoms with van der Waals surface area (Å²) in [6.07, 6.45) is 0. The van der Waals surface area contributed by atoms with E-state index in [1.165, 1.54) is 18.3 Å². The van der Waals surface area contributed by atoms with E-state index in [9.17, 15) is 4.79 Å². The number of carbonyl (C=O) groups is 1. The molecule has 0 aromatic carbocycles. The highest BCUT2D eigenvalue weighted by molar-refractivity contribution is 7.13. The summed E-state index contributed by atoms with van der Waals surface area (Å²) in [5, 5.41) is 5.40. The first-order chi connectivity index (χ1) is 9.94. The van der Waals surface area contributed by atoms with E-state index in [0.29, 0.717) is 33.8 Å². The predicted octanol–water partition coefficient (Wildman–Crippen LogP) is 1.40. The van der Waals surface area contributed by atoms with E-state index >= 15 is 0 Å². The van der Waals surface area contributed by atoms with Gasteiger partial charge in [0.1, 0.15) is 5.69 Å². The molecule has 5 N–H and O–H groups in total. The minimum atomic E-state index is -0.137. The number of aliphatic imine (C=N–C) groups is 1. The average molecular weight is 325 g/mol. The molecule has 2 heterocycles. The van der Waals surface area contributed by atoms with Crippen molar-refractivity contribution >= 4 is 39.9 Å². The summed E-state index contributed by atoms with van der Waals surface area (Å²) in [6.45, 7) is 1.74. The van der Waals surface area contributed by atoms with Crippen LogP contribution in [-0.2, 0) is 11.3 Å². The summed E-state index contributed by atoms with van der Waals surface area (Å²) in [5.74, 6) is -0.191. The van der Waals surface area contributed by atoms with Gasteiger partial charge in [0.2, 0.25) is 11.0 Å². The molecular weight excluding hydrogens is 312 g/mol. The molecule has 1 amide bonds. The van der Waals surface area contributed by atoms with Gasteiger partial charge in [0.05, 0.1) is 17.9 Å². The van der Waals surface area contributed by atoms with Gasteiger partial charge in [0, 0.05) is 17.3 Å². The topological polar surface area (TPSA) is 119 Å².